The van der Waals surface area contributed by atoms with Crippen molar-refractivity contribution in [3.8, 4) is 0 Å². The maximum absolute atomic E-state index is 10.6. The minimum Gasteiger partial charge on any atom is -0.480 e. The monoisotopic (exact) mass is 202 g/mol. The molecule has 0 fully saturated rings. The molecule has 14 heavy (non-hydrogen) atoms. The Kier molecular flexibility index (Phi) is 3.82. The lowest BCUT2D eigenvalue weighted by molar-refractivity contribution is -0.171. The zero-order valence-electron chi connectivity index (χ0n) is 7.43. The van der Waals surface area contributed by atoms with E-state index in [0.29, 0.717) is 12.5 Å². The molecular weight excluding hydrogens is 192 g/mol. The van der Waals surface area contributed by atoms with E-state index in [1.165, 1.54) is 6.08 Å². The van der Waals surface area contributed by atoms with Crippen LogP contribution in [-0.2, 0) is 14.4 Å². The molecule has 0 aliphatic carbocycles. The molecule has 0 saturated carbocycles. The first-order valence-corrected chi connectivity index (χ1v) is 3.77. The van der Waals surface area contributed by atoms with Crippen LogP contribution >= 0.6 is 0 Å². The topological polar surface area (TPSA) is 112 Å². The van der Waals surface area contributed by atoms with E-state index in [1.807, 2.05) is 0 Å². The Bertz CT molecular complexity index is 254. The van der Waals surface area contributed by atoms with Gasteiger partial charge in [0.25, 0.3) is 5.41 Å². The largest absolute Gasteiger partial charge is 0.480 e. The van der Waals surface area contributed by atoms with Gasteiger partial charge in [0, 0.05) is 0 Å². The Morgan fingerprint density at radius 1 is 1.07 bits per heavy atom. The first-order valence-electron chi connectivity index (χ1n) is 3.77. The van der Waals surface area contributed by atoms with Crippen molar-refractivity contribution in [2.75, 3.05) is 0 Å². The quantitative estimate of drug-likeness (QED) is 0.433. The summed E-state index contributed by atoms with van der Waals surface area (Å²) < 4.78 is 0. The summed E-state index contributed by atoms with van der Waals surface area (Å²) in [6.45, 7) is 1.63. The third-order valence-corrected chi connectivity index (χ3v) is 1.62. The van der Waals surface area contributed by atoms with E-state index in [4.69, 9.17) is 15.3 Å². The molecule has 0 spiro atoms. The second kappa shape index (κ2) is 4.40. The molecule has 0 rings (SSSR count). The summed E-state index contributed by atoms with van der Waals surface area (Å²) in [6, 6.07) is 0. The fourth-order valence-corrected chi connectivity index (χ4v) is 0.783. The van der Waals surface area contributed by atoms with E-state index in [-0.39, 0.29) is 0 Å². The number of carboxylic acids is 3. The van der Waals surface area contributed by atoms with Crippen LogP contribution < -0.4 is 0 Å². The van der Waals surface area contributed by atoms with Crippen molar-refractivity contribution in [3.05, 3.63) is 12.2 Å². The molecule has 0 aliphatic heterocycles. The van der Waals surface area contributed by atoms with E-state index >= 15 is 0 Å². The SMILES string of the molecule is CCC=CC(C(=O)O)(C(=O)O)C(=O)O. The average molecular weight is 202 g/mol. The van der Waals surface area contributed by atoms with Crippen molar-refractivity contribution < 1.29 is 29.7 Å². The Hall–Kier alpha value is -1.85. The molecule has 6 nitrogen and oxygen atoms in total. The lowest BCUT2D eigenvalue weighted by Crippen LogP contribution is -2.44. The number of rotatable bonds is 5. The fourth-order valence-electron chi connectivity index (χ4n) is 0.783. The van der Waals surface area contributed by atoms with Gasteiger partial charge in [0.2, 0.25) is 0 Å². The highest BCUT2D eigenvalue weighted by Gasteiger charge is 2.52. The second-order valence-electron chi connectivity index (χ2n) is 2.53. The first-order chi connectivity index (χ1) is 6.39. The summed E-state index contributed by atoms with van der Waals surface area (Å²) in [4.78, 5) is 31.8. The highest BCUT2D eigenvalue weighted by atomic mass is 16.4. The first kappa shape index (κ1) is 12.2. The smallest absolute Gasteiger partial charge is 0.336 e. The number of hydrogen-bond donors (Lipinski definition) is 3. The van der Waals surface area contributed by atoms with Crippen LogP contribution in [-0.4, -0.2) is 33.2 Å². The minimum absolute atomic E-state index is 0.357. The van der Waals surface area contributed by atoms with E-state index in [2.05, 4.69) is 0 Å². The zero-order chi connectivity index (χ0) is 11.4. The maximum atomic E-state index is 10.6. The molecular formula is C8H10O6. The summed E-state index contributed by atoms with van der Waals surface area (Å²) in [5.74, 6) is -5.74. The molecule has 0 unspecified atom stereocenters. The molecule has 0 aromatic rings. The molecule has 78 valence electrons. The Balaban J connectivity index is 5.39. The van der Waals surface area contributed by atoms with Crippen molar-refractivity contribution in [1.29, 1.82) is 0 Å². The highest BCUT2D eigenvalue weighted by molar-refractivity contribution is 6.18. The van der Waals surface area contributed by atoms with E-state index < -0.39 is 23.3 Å². The van der Waals surface area contributed by atoms with Crippen LogP contribution in [0.3, 0.4) is 0 Å². The van der Waals surface area contributed by atoms with Gasteiger partial charge in [0.05, 0.1) is 0 Å². The molecule has 0 radical (unpaired) electrons. The number of carbonyl (C=O) groups is 3. The van der Waals surface area contributed by atoms with Crippen molar-refractivity contribution in [2.45, 2.75) is 13.3 Å². The molecule has 0 aromatic heterocycles. The summed E-state index contributed by atoms with van der Waals surface area (Å²) in [7, 11) is 0. The number of allylic oxidation sites excluding steroid dienone is 1. The van der Waals surface area contributed by atoms with Gasteiger partial charge in [-0.05, 0) is 12.5 Å². The Morgan fingerprint density at radius 2 is 1.43 bits per heavy atom. The van der Waals surface area contributed by atoms with Crippen LogP contribution in [0.4, 0.5) is 0 Å². The lowest BCUT2D eigenvalue weighted by Gasteiger charge is -2.14. The highest BCUT2D eigenvalue weighted by Crippen LogP contribution is 2.21. The molecule has 0 saturated heterocycles. The molecule has 3 N–H and O–H groups in total. The second-order valence-corrected chi connectivity index (χ2v) is 2.53. The van der Waals surface area contributed by atoms with Crippen LogP contribution in [0.1, 0.15) is 13.3 Å². The predicted octanol–water partition coefficient (Wildman–Crippen LogP) is 0.193. The maximum Gasteiger partial charge on any atom is 0.336 e. The summed E-state index contributed by atoms with van der Waals surface area (Å²) in [5, 5.41) is 25.7. The molecule has 6 heteroatoms. The zero-order valence-corrected chi connectivity index (χ0v) is 7.43. The summed E-state index contributed by atoms with van der Waals surface area (Å²) >= 11 is 0. The fraction of sp³-hybridized carbons (Fsp3) is 0.375. The Labute approximate surface area is 79.5 Å². The molecule has 0 aliphatic rings. The molecule has 0 atom stereocenters. The van der Waals surface area contributed by atoms with Gasteiger partial charge in [-0.2, -0.15) is 0 Å². The number of aliphatic carboxylic acids is 3. The van der Waals surface area contributed by atoms with Crippen molar-refractivity contribution in [3.63, 3.8) is 0 Å². The molecule has 0 bridgehead atoms. The number of carboxylic acid groups (broad SMARTS) is 3. The van der Waals surface area contributed by atoms with Gasteiger partial charge in [-0.1, -0.05) is 13.0 Å². The van der Waals surface area contributed by atoms with Crippen molar-refractivity contribution >= 4 is 17.9 Å². The average Bonchev–Trinajstić information content (AvgIpc) is 2.03. The van der Waals surface area contributed by atoms with Gasteiger partial charge >= 0.3 is 17.9 Å². The predicted molar refractivity (Wildman–Crippen MR) is 44.8 cm³/mol. The van der Waals surface area contributed by atoms with Crippen LogP contribution in [0.25, 0.3) is 0 Å². The summed E-state index contributed by atoms with van der Waals surface area (Å²) in [5.41, 5.74) is -2.88. The minimum atomic E-state index is -2.88. The van der Waals surface area contributed by atoms with Gasteiger partial charge in [-0.15, -0.1) is 0 Å². The Morgan fingerprint density at radius 3 is 1.64 bits per heavy atom. The van der Waals surface area contributed by atoms with Gasteiger partial charge < -0.3 is 15.3 Å². The van der Waals surface area contributed by atoms with E-state index in [9.17, 15) is 14.4 Å². The molecule has 0 aromatic carbocycles. The van der Waals surface area contributed by atoms with Crippen molar-refractivity contribution in [1.82, 2.24) is 0 Å². The number of hydrogen-bond acceptors (Lipinski definition) is 3. The van der Waals surface area contributed by atoms with E-state index in [0.717, 1.165) is 0 Å². The van der Waals surface area contributed by atoms with Crippen LogP contribution in [0, 0.1) is 5.41 Å². The van der Waals surface area contributed by atoms with Gasteiger partial charge in [0.15, 0.2) is 0 Å². The molecule has 0 amide bonds. The normalized spacial score (nSPS) is 11.5. The van der Waals surface area contributed by atoms with Gasteiger partial charge in [-0.25, -0.2) is 0 Å². The third-order valence-electron chi connectivity index (χ3n) is 1.62. The van der Waals surface area contributed by atoms with E-state index in [1.54, 1.807) is 6.92 Å². The van der Waals surface area contributed by atoms with Gasteiger partial charge in [0.1, 0.15) is 0 Å². The van der Waals surface area contributed by atoms with Crippen LogP contribution in [0.5, 0.6) is 0 Å². The van der Waals surface area contributed by atoms with Crippen LogP contribution in [0.2, 0.25) is 0 Å². The lowest BCUT2D eigenvalue weighted by atomic mass is 9.88. The van der Waals surface area contributed by atoms with Crippen molar-refractivity contribution in [2.24, 2.45) is 5.41 Å². The summed E-state index contributed by atoms with van der Waals surface area (Å²) in [6.07, 6.45) is 2.21. The third kappa shape index (κ3) is 1.90. The standard InChI is InChI=1S/C8H10O6/c1-2-3-4-8(5(9)10,6(11)12)7(13)14/h3-4H,2H2,1H3,(H,9,10)(H,11,12)(H,13,14). The van der Waals surface area contributed by atoms with Gasteiger partial charge in [-0.3, -0.25) is 14.4 Å². The molecule has 0 heterocycles. The van der Waals surface area contributed by atoms with Crippen LogP contribution in [0.15, 0.2) is 12.2 Å².